The van der Waals surface area contributed by atoms with Crippen LogP contribution in [0.5, 0.6) is 5.75 Å². The molecular weight excluding hydrogens is 198 g/mol. The summed E-state index contributed by atoms with van der Waals surface area (Å²) in [4.78, 5) is 0.448. The second-order valence-corrected chi connectivity index (χ2v) is 3.39. The van der Waals surface area contributed by atoms with Gasteiger partial charge in [0.2, 0.25) is 0 Å². The maximum Gasteiger partial charge on any atom is 0.119 e. The molecule has 0 heterocycles. The number of aliphatic hydroxyl groups excluding tert-OH is 1. The highest BCUT2D eigenvalue weighted by Gasteiger charge is 1.96. The third-order valence-corrected chi connectivity index (χ3v) is 1.90. The van der Waals surface area contributed by atoms with Gasteiger partial charge in [-0.2, -0.15) is 0 Å². The molecule has 0 aliphatic carbocycles. The van der Waals surface area contributed by atoms with Crippen molar-refractivity contribution < 1.29 is 9.84 Å². The molecule has 76 valence electrons. The first kappa shape index (κ1) is 10.9. The predicted molar refractivity (Wildman–Crippen MR) is 59.3 cm³/mol. The van der Waals surface area contributed by atoms with Crippen molar-refractivity contribution in [2.75, 3.05) is 6.61 Å². The third-order valence-electron chi connectivity index (χ3n) is 1.70. The Bertz CT molecular complexity index is 315. The van der Waals surface area contributed by atoms with E-state index in [4.69, 9.17) is 27.8 Å². The van der Waals surface area contributed by atoms with Crippen LogP contribution in [0, 0.1) is 0 Å². The largest absolute Gasteiger partial charge is 0.493 e. The molecule has 0 bridgehead atoms. The zero-order valence-electron chi connectivity index (χ0n) is 7.77. The lowest BCUT2D eigenvalue weighted by molar-refractivity contribution is 0.279. The van der Waals surface area contributed by atoms with Crippen molar-refractivity contribution in [3.8, 4) is 5.75 Å². The average molecular weight is 211 g/mol. The van der Waals surface area contributed by atoms with Crippen LogP contribution >= 0.6 is 12.2 Å². The van der Waals surface area contributed by atoms with E-state index in [0.717, 1.165) is 11.3 Å². The number of aliphatic hydroxyl groups is 1. The second-order valence-electron chi connectivity index (χ2n) is 2.87. The molecule has 0 atom stereocenters. The molecule has 0 fully saturated rings. The van der Waals surface area contributed by atoms with Crippen molar-refractivity contribution in [3.05, 3.63) is 29.8 Å². The van der Waals surface area contributed by atoms with E-state index in [1.807, 2.05) is 18.2 Å². The Hall–Kier alpha value is -1.13. The van der Waals surface area contributed by atoms with Crippen molar-refractivity contribution in [1.82, 2.24) is 0 Å². The summed E-state index contributed by atoms with van der Waals surface area (Å²) in [5.41, 5.74) is 6.16. The van der Waals surface area contributed by atoms with Crippen molar-refractivity contribution in [2.24, 2.45) is 5.73 Å². The standard InChI is InChI=1S/C10H13NO2S/c11-10(14)4-5-13-9-3-1-2-8(6-9)7-12/h1-3,6,12H,4-5,7H2,(H2,11,14). The van der Waals surface area contributed by atoms with Crippen LogP contribution in [0.2, 0.25) is 0 Å². The fraction of sp³-hybridized carbons (Fsp3) is 0.300. The Morgan fingerprint density at radius 3 is 2.93 bits per heavy atom. The highest BCUT2D eigenvalue weighted by atomic mass is 32.1. The molecule has 0 aliphatic rings. The molecule has 0 spiro atoms. The summed E-state index contributed by atoms with van der Waals surface area (Å²) in [5, 5.41) is 8.88. The van der Waals surface area contributed by atoms with Crippen LogP contribution in [-0.2, 0) is 6.61 Å². The number of nitrogens with two attached hydrogens (primary N) is 1. The van der Waals surface area contributed by atoms with Gasteiger partial charge in [0.25, 0.3) is 0 Å². The monoisotopic (exact) mass is 211 g/mol. The van der Waals surface area contributed by atoms with Crippen molar-refractivity contribution in [2.45, 2.75) is 13.0 Å². The summed E-state index contributed by atoms with van der Waals surface area (Å²) < 4.78 is 5.38. The van der Waals surface area contributed by atoms with Crippen molar-refractivity contribution in [3.63, 3.8) is 0 Å². The summed E-state index contributed by atoms with van der Waals surface area (Å²) >= 11 is 4.72. The van der Waals surface area contributed by atoms with Crippen LogP contribution < -0.4 is 10.5 Å². The van der Waals surface area contributed by atoms with Gasteiger partial charge in [-0.05, 0) is 17.7 Å². The van der Waals surface area contributed by atoms with Crippen LogP contribution in [0.15, 0.2) is 24.3 Å². The molecule has 0 amide bonds. The first-order valence-corrected chi connectivity index (χ1v) is 4.74. The van der Waals surface area contributed by atoms with Crippen molar-refractivity contribution in [1.29, 1.82) is 0 Å². The van der Waals surface area contributed by atoms with Gasteiger partial charge >= 0.3 is 0 Å². The first-order chi connectivity index (χ1) is 6.72. The summed E-state index contributed by atoms with van der Waals surface area (Å²) in [6, 6.07) is 7.29. The molecule has 0 radical (unpaired) electrons. The molecule has 0 unspecified atom stereocenters. The predicted octanol–water partition coefficient (Wildman–Crippen LogP) is 1.23. The molecule has 1 rings (SSSR count). The topological polar surface area (TPSA) is 55.5 Å². The Kier molecular flexibility index (Phi) is 4.35. The quantitative estimate of drug-likeness (QED) is 0.719. The highest BCUT2D eigenvalue weighted by molar-refractivity contribution is 7.80. The molecule has 0 saturated heterocycles. The number of benzene rings is 1. The smallest absolute Gasteiger partial charge is 0.119 e. The van der Waals surface area contributed by atoms with Gasteiger partial charge in [-0.3, -0.25) is 0 Å². The number of hydrogen-bond acceptors (Lipinski definition) is 3. The van der Waals surface area contributed by atoms with E-state index in [1.165, 1.54) is 0 Å². The SMILES string of the molecule is NC(=S)CCOc1cccc(CO)c1. The number of thiocarbonyl (C=S) groups is 1. The second kappa shape index (κ2) is 5.57. The zero-order valence-corrected chi connectivity index (χ0v) is 8.59. The summed E-state index contributed by atoms with van der Waals surface area (Å²) in [5.74, 6) is 0.729. The Balaban J connectivity index is 2.46. The minimum atomic E-state index is 0.0203. The van der Waals surface area contributed by atoms with Gasteiger partial charge in [0.05, 0.1) is 18.2 Å². The maximum absolute atomic E-state index is 8.88. The fourth-order valence-electron chi connectivity index (χ4n) is 1.00. The molecule has 0 aromatic heterocycles. The van der Waals surface area contributed by atoms with E-state index in [2.05, 4.69) is 0 Å². The molecule has 0 aliphatic heterocycles. The number of rotatable bonds is 5. The molecule has 1 aromatic rings. The van der Waals surface area contributed by atoms with E-state index in [-0.39, 0.29) is 6.61 Å². The Morgan fingerprint density at radius 2 is 2.29 bits per heavy atom. The van der Waals surface area contributed by atoms with E-state index in [9.17, 15) is 0 Å². The van der Waals surface area contributed by atoms with E-state index in [0.29, 0.717) is 18.0 Å². The van der Waals surface area contributed by atoms with Gasteiger partial charge < -0.3 is 15.6 Å². The van der Waals surface area contributed by atoms with Crippen LogP contribution in [0.25, 0.3) is 0 Å². The zero-order chi connectivity index (χ0) is 10.4. The van der Waals surface area contributed by atoms with E-state index >= 15 is 0 Å². The molecule has 14 heavy (non-hydrogen) atoms. The average Bonchev–Trinajstić information content (AvgIpc) is 2.18. The van der Waals surface area contributed by atoms with Crippen LogP contribution in [0.4, 0.5) is 0 Å². The maximum atomic E-state index is 8.88. The van der Waals surface area contributed by atoms with E-state index < -0.39 is 0 Å². The summed E-state index contributed by atoms with van der Waals surface area (Å²) in [6.45, 7) is 0.497. The lowest BCUT2D eigenvalue weighted by Crippen LogP contribution is -2.12. The minimum Gasteiger partial charge on any atom is -0.493 e. The Morgan fingerprint density at radius 1 is 1.50 bits per heavy atom. The highest BCUT2D eigenvalue weighted by Crippen LogP contribution is 2.13. The molecule has 3 N–H and O–H groups in total. The van der Waals surface area contributed by atoms with Crippen LogP contribution in [-0.4, -0.2) is 16.7 Å². The first-order valence-electron chi connectivity index (χ1n) is 4.33. The number of hydrogen-bond donors (Lipinski definition) is 2. The molecular formula is C10H13NO2S. The van der Waals surface area contributed by atoms with Gasteiger partial charge in [0.15, 0.2) is 0 Å². The van der Waals surface area contributed by atoms with Crippen LogP contribution in [0.3, 0.4) is 0 Å². The summed E-state index contributed by atoms with van der Waals surface area (Å²) in [6.07, 6.45) is 0.568. The fourth-order valence-corrected chi connectivity index (χ4v) is 1.09. The third kappa shape index (κ3) is 3.72. The van der Waals surface area contributed by atoms with E-state index in [1.54, 1.807) is 6.07 Å². The van der Waals surface area contributed by atoms with Gasteiger partial charge in [-0.25, -0.2) is 0 Å². The lowest BCUT2D eigenvalue weighted by atomic mass is 10.2. The molecule has 1 aromatic carbocycles. The molecule has 4 heteroatoms. The lowest BCUT2D eigenvalue weighted by Gasteiger charge is -2.06. The van der Waals surface area contributed by atoms with Gasteiger partial charge in [-0.1, -0.05) is 24.4 Å². The van der Waals surface area contributed by atoms with Crippen LogP contribution in [0.1, 0.15) is 12.0 Å². The van der Waals surface area contributed by atoms with Gasteiger partial charge in [-0.15, -0.1) is 0 Å². The number of ether oxygens (including phenoxy) is 1. The summed E-state index contributed by atoms with van der Waals surface area (Å²) in [7, 11) is 0. The van der Waals surface area contributed by atoms with Crippen molar-refractivity contribution >= 4 is 17.2 Å². The van der Waals surface area contributed by atoms with Gasteiger partial charge in [0.1, 0.15) is 5.75 Å². The normalized spacial score (nSPS) is 9.79. The Labute approximate surface area is 88.5 Å². The molecule has 3 nitrogen and oxygen atoms in total. The van der Waals surface area contributed by atoms with Gasteiger partial charge in [0, 0.05) is 6.42 Å². The minimum absolute atomic E-state index is 0.0203. The molecule has 0 saturated carbocycles.